The summed E-state index contributed by atoms with van der Waals surface area (Å²) < 4.78 is 0. The molecule has 52 heavy (non-hydrogen) atoms. The maximum absolute atomic E-state index is 3.81. The molecule has 6 aromatic carbocycles. The minimum Gasteiger partial charge on any atom is -0.310 e. The van der Waals surface area contributed by atoms with Crippen molar-refractivity contribution in [2.45, 2.75) is 94.9 Å². The summed E-state index contributed by atoms with van der Waals surface area (Å²) in [4.78, 5) is 2.40. The summed E-state index contributed by atoms with van der Waals surface area (Å²) >= 11 is 0. The molecular weight excluding hydrogens is 703 g/mol. The number of anilines is 3. The van der Waals surface area contributed by atoms with Crippen molar-refractivity contribution in [1.29, 1.82) is 0 Å². The van der Waals surface area contributed by atoms with Gasteiger partial charge in [0, 0.05) is 43.8 Å². The smallest absolute Gasteiger partial charge is 0.0508 e. The van der Waals surface area contributed by atoms with Crippen molar-refractivity contribution in [1.82, 2.24) is 0 Å². The minimum atomic E-state index is -0.577. The maximum atomic E-state index is 3.81. The van der Waals surface area contributed by atoms with Gasteiger partial charge in [0.2, 0.25) is 0 Å². The first-order chi connectivity index (χ1) is 25.4. The predicted molar refractivity (Wildman–Crippen MR) is 227 cm³/mol. The van der Waals surface area contributed by atoms with Gasteiger partial charge in [0.1, 0.15) is 0 Å². The number of fused-ring (bicyclic) bond motifs is 5. The Hall–Kier alpha value is -3.78. The molecule has 8 rings (SSSR count). The van der Waals surface area contributed by atoms with Crippen molar-refractivity contribution in [2.24, 2.45) is 0 Å². The molecule has 0 amide bonds. The third-order valence-corrected chi connectivity index (χ3v) is 8.35. The second-order valence-corrected chi connectivity index (χ2v) is 10.4. The van der Waals surface area contributed by atoms with Crippen LogP contribution in [0.3, 0.4) is 0 Å². The Kier molecular flexibility index (Phi) is 21.8. The minimum absolute atomic E-state index is 0. The Labute approximate surface area is 343 Å². The van der Waals surface area contributed by atoms with Crippen LogP contribution in [0.2, 0.25) is 0 Å². The molecule has 0 saturated carbocycles. The molecule has 0 fully saturated rings. The molecule has 6 aromatic rings. The first kappa shape index (κ1) is 46.2. The second-order valence-electron chi connectivity index (χ2n) is 10.4. The average Bonchev–Trinajstić information content (AvgIpc) is 3.63. The average molecular weight is 765 g/mol. The van der Waals surface area contributed by atoms with Gasteiger partial charge in [-0.05, 0) is 52.9 Å². The van der Waals surface area contributed by atoms with Crippen LogP contribution in [-0.4, -0.2) is 0 Å². The van der Waals surface area contributed by atoms with E-state index in [0.717, 1.165) is 23.2 Å². The van der Waals surface area contributed by atoms with Crippen molar-refractivity contribution < 1.29 is 32.7 Å². The molecule has 0 saturated heterocycles. The molecule has 2 heteroatoms. The molecule has 0 unspecified atom stereocenters. The van der Waals surface area contributed by atoms with Gasteiger partial charge in [-0.1, -0.05) is 162 Å². The Morgan fingerprint density at radius 2 is 0.962 bits per heavy atom. The van der Waals surface area contributed by atoms with Gasteiger partial charge in [-0.2, -0.15) is 48.5 Å². The van der Waals surface area contributed by atoms with Crippen molar-refractivity contribution in [3.05, 3.63) is 185 Å². The molecular formula is C50H61NY-2. The van der Waals surface area contributed by atoms with E-state index in [-0.39, 0.29) is 32.7 Å². The topological polar surface area (TPSA) is 3.24 Å². The summed E-state index contributed by atoms with van der Waals surface area (Å²) in [7, 11) is 0. The molecule has 1 heterocycles. The summed E-state index contributed by atoms with van der Waals surface area (Å²) in [6, 6.07) is 57.7. The number of benzene rings is 6. The fourth-order valence-electron chi connectivity index (χ4n) is 6.73. The third-order valence-electron chi connectivity index (χ3n) is 8.35. The SMILES string of the molecule is CC.CC.CC.CC.CC.CC.[Y].[c-]1ccccc1C1(c2[c-]cc3c(c2)-c2ccccc2C3)c2ccccc2N(c2ccccc2)c2ccccc21. The van der Waals surface area contributed by atoms with Crippen LogP contribution < -0.4 is 4.90 Å². The van der Waals surface area contributed by atoms with E-state index in [1.54, 1.807) is 0 Å². The summed E-state index contributed by atoms with van der Waals surface area (Å²) in [5.41, 5.74) is 13.0. The number of nitrogens with zero attached hydrogens (tertiary/aromatic N) is 1. The van der Waals surface area contributed by atoms with Gasteiger partial charge in [0.15, 0.2) is 0 Å². The molecule has 0 bridgehead atoms. The van der Waals surface area contributed by atoms with Gasteiger partial charge in [-0.3, -0.25) is 0 Å². The quantitative estimate of drug-likeness (QED) is 0.162. The summed E-state index contributed by atoms with van der Waals surface area (Å²) in [6.07, 6.45) is 0.960. The summed E-state index contributed by atoms with van der Waals surface area (Å²) in [5, 5.41) is 0. The van der Waals surface area contributed by atoms with Crippen molar-refractivity contribution in [3.63, 3.8) is 0 Å². The van der Waals surface area contributed by atoms with Gasteiger partial charge in [0.05, 0.1) is 11.4 Å². The first-order valence-corrected chi connectivity index (χ1v) is 19.5. The van der Waals surface area contributed by atoms with Crippen LogP contribution in [0.15, 0.2) is 140 Å². The zero-order chi connectivity index (χ0) is 37.8. The Bertz CT molecular complexity index is 1790. The Morgan fingerprint density at radius 1 is 0.462 bits per heavy atom. The molecule has 1 aliphatic heterocycles. The van der Waals surface area contributed by atoms with Crippen molar-refractivity contribution in [2.75, 3.05) is 4.90 Å². The van der Waals surface area contributed by atoms with Gasteiger partial charge >= 0.3 is 0 Å². The van der Waals surface area contributed by atoms with Gasteiger partial charge in [-0.15, -0.1) is 22.3 Å². The molecule has 0 spiro atoms. The zero-order valence-electron chi connectivity index (χ0n) is 34.0. The second kappa shape index (κ2) is 24.5. The van der Waals surface area contributed by atoms with Gasteiger partial charge in [-0.25, -0.2) is 0 Å². The van der Waals surface area contributed by atoms with Crippen LogP contribution in [0.5, 0.6) is 0 Å². The third kappa shape index (κ3) is 9.05. The van der Waals surface area contributed by atoms with E-state index >= 15 is 0 Å². The number of hydrogen-bond donors (Lipinski definition) is 0. The van der Waals surface area contributed by atoms with E-state index in [1.165, 1.54) is 44.8 Å². The van der Waals surface area contributed by atoms with Crippen LogP contribution in [0.25, 0.3) is 11.1 Å². The monoisotopic (exact) mass is 764 g/mol. The van der Waals surface area contributed by atoms with Crippen LogP contribution in [0.1, 0.15) is 116 Å². The molecule has 1 nitrogen and oxygen atoms in total. The maximum Gasteiger partial charge on any atom is 0.0508 e. The van der Waals surface area contributed by atoms with Crippen molar-refractivity contribution >= 4 is 17.1 Å². The Balaban J connectivity index is 0.000000951. The summed E-state index contributed by atoms with van der Waals surface area (Å²) in [6.45, 7) is 24.0. The van der Waals surface area contributed by atoms with Crippen LogP contribution >= 0.6 is 0 Å². The van der Waals surface area contributed by atoms with Gasteiger partial charge < -0.3 is 4.90 Å². The molecule has 0 atom stereocenters. The molecule has 271 valence electrons. The number of hydrogen-bond acceptors (Lipinski definition) is 1. The summed E-state index contributed by atoms with van der Waals surface area (Å²) in [5.74, 6) is 0. The fourth-order valence-corrected chi connectivity index (χ4v) is 6.73. The van der Waals surface area contributed by atoms with E-state index < -0.39 is 5.41 Å². The fraction of sp³-hybridized carbons (Fsp3) is 0.280. The number of para-hydroxylation sites is 3. The van der Waals surface area contributed by atoms with Crippen molar-refractivity contribution in [3.8, 4) is 11.1 Å². The molecule has 0 aromatic heterocycles. The molecule has 1 aliphatic carbocycles. The van der Waals surface area contributed by atoms with Crippen LogP contribution in [0, 0.1) is 12.1 Å². The van der Waals surface area contributed by atoms with Crippen LogP contribution in [0.4, 0.5) is 17.1 Å². The van der Waals surface area contributed by atoms with E-state index in [2.05, 4.69) is 150 Å². The zero-order valence-corrected chi connectivity index (χ0v) is 36.8. The van der Waals surface area contributed by atoms with E-state index in [9.17, 15) is 0 Å². The van der Waals surface area contributed by atoms with E-state index in [0.29, 0.717) is 0 Å². The normalized spacial score (nSPS) is 11.3. The van der Waals surface area contributed by atoms with Crippen LogP contribution in [-0.2, 0) is 44.5 Å². The standard InChI is InChI=1S/C38H25N.6C2H6.Y/c1-3-14-29(15-4-1)38(30-24-23-28-25-27-13-7-8-18-32(27)33(28)26-30)34-19-9-11-21-36(34)39(31-16-5-2-6-17-31)37-22-12-10-20-35(37)38;6*1-2;/h1-14,16-23,26H,25H2;6*1-2H3;/q-2;;;;;;;. The van der Waals surface area contributed by atoms with Gasteiger partial charge in [0.25, 0.3) is 0 Å². The van der Waals surface area contributed by atoms with E-state index in [1.807, 2.05) is 89.2 Å². The molecule has 2 aliphatic rings. The molecule has 1 radical (unpaired) electrons. The first-order valence-electron chi connectivity index (χ1n) is 19.5. The molecule has 0 N–H and O–H groups in total. The number of rotatable bonds is 3. The largest absolute Gasteiger partial charge is 0.310 e. The van der Waals surface area contributed by atoms with E-state index in [4.69, 9.17) is 0 Å². The predicted octanol–water partition coefficient (Wildman–Crippen LogP) is 15.2. The Morgan fingerprint density at radius 3 is 1.52 bits per heavy atom.